The van der Waals surface area contributed by atoms with Gasteiger partial charge in [-0.3, -0.25) is 9.78 Å². The molecule has 0 fully saturated rings. The summed E-state index contributed by atoms with van der Waals surface area (Å²) < 4.78 is 37.4. The van der Waals surface area contributed by atoms with Gasteiger partial charge in [-0.25, -0.2) is 0 Å². The molecular formula is C16H15F3N2O. The number of hydrogen-bond acceptors (Lipinski definition) is 2. The Morgan fingerprint density at radius 1 is 1.09 bits per heavy atom. The molecule has 3 nitrogen and oxygen atoms in total. The standard InChI is InChI=1S/C16H15F3N2O/c1-10-3-8-14(11(2)21-10)15(22)20-9-12-4-6-13(7-5-12)16(17,18)19/h3-8H,9H2,1-2H3,(H,20,22). The van der Waals surface area contributed by atoms with Crippen molar-refractivity contribution in [2.45, 2.75) is 26.6 Å². The number of aryl methyl sites for hydroxylation is 2. The monoisotopic (exact) mass is 308 g/mol. The highest BCUT2D eigenvalue weighted by Crippen LogP contribution is 2.29. The molecular weight excluding hydrogens is 293 g/mol. The van der Waals surface area contributed by atoms with Crippen LogP contribution >= 0.6 is 0 Å². The second kappa shape index (κ2) is 6.17. The molecule has 0 unspecified atom stereocenters. The van der Waals surface area contributed by atoms with Gasteiger partial charge in [0.15, 0.2) is 0 Å². The van der Waals surface area contributed by atoms with E-state index in [0.29, 0.717) is 16.8 Å². The summed E-state index contributed by atoms with van der Waals surface area (Å²) in [4.78, 5) is 16.2. The maximum Gasteiger partial charge on any atom is 0.416 e. The van der Waals surface area contributed by atoms with Crippen LogP contribution in [0.1, 0.15) is 32.9 Å². The third kappa shape index (κ3) is 3.84. The van der Waals surface area contributed by atoms with Gasteiger partial charge in [-0.05, 0) is 43.7 Å². The number of rotatable bonds is 3. The fourth-order valence-corrected chi connectivity index (χ4v) is 2.02. The van der Waals surface area contributed by atoms with Crippen molar-refractivity contribution in [3.05, 3.63) is 64.5 Å². The molecule has 116 valence electrons. The summed E-state index contributed by atoms with van der Waals surface area (Å²) in [5.41, 5.74) is 1.78. The second-order valence-electron chi connectivity index (χ2n) is 4.96. The van der Waals surface area contributed by atoms with Crippen LogP contribution in [0.25, 0.3) is 0 Å². The Bertz CT molecular complexity index is 679. The number of pyridine rings is 1. The van der Waals surface area contributed by atoms with Crippen molar-refractivity contribution in [1.82, 2.24) is 10.3 Å². The minimum atomic E-state index is -4.35. The third-order valence-electron chi connectivity index (χ3n) is 3.20. The van der Waals surface area contributed by atoms with Crippen molar-refractivity contribution in [3.63, 3.8) is 0 Å². The van der Waals surface area contributed by atoms with Crippen molar-refractivity contribution in [3.8, 4) is 0 Å². The minimum absolute atomic E-state index is 0.157. The van der Waals surface area contributed by atoms with Gasteiger partial charge in [-0.2, -0.15) is 13.2 Å². The van der Waals surface area contributed by atoms with Crippen LogP contribution < -0.4 is 5.32 Å². The molecule has 0 aliphatic carbocycles. The highest BCUT2D eigenvalue weighted by atomic mass is 19.4. The zero-order chi connectivity index (χ0) is 16.3. The lowest BCUT2D eigenvalue weighted by Crippen LogP contribution is -2.24. The SMILES string of the molecule is Cc1ccc(C(=O)NCc2ccc(C(F)(F)F)cc2)c(C)n1. The van der Waals surface area contributed by atoms with Crippen LogP contribution in [0, 0.1) is 13.8 Å². The highest BCUT2D eigenvalue weighted by molar-refractivity contribution is 5.95. The van der Waals surface area contributed by atoms with Gasteiger partial charge < -0.3 is 5.32 Å². The van der Waals surface area contributed by atoms with Crippen LogP contribution in [0.2, 0.25) is 0 Å². The first-order valence-electron chi connectivity index (χ1n) is 6.66. The quantitative estimate of drug-likeness (QED) is 0.940. The topological polar surface area (TPSA) is 42.0 Å². The first kappa shape index (κ1) is 16.0. The Morgan fingerprint density at radius 2 is 1.73 bits per heavy atom. The van der Waals surface area contributed by atoms with E-state index < -0.39 is 11.7 Å². The maximum atomic E-state index is 12.5. The molecule has 1 heterocycles. The second-order valence-corrected chi connectivity index (χ2v) is 4.96. The van der Waals surface area contributed by atoms with Gasteiger partial charge >= 0.3 is 6.18 Å². The minimum Gasteiger partial charge on any atom is -0.348 e. The van der Waals surface area contributed by atoms with E-state index in [0.717, 1.165) is 17.8 Å². The predicted octanol–water partition coefficient (Wildman–Crippen LogP) is 3.65. The molecule has 2 rings (SSSR count). The molecule has 2 aromatic rings. The smallest absolute Gasteiger partial charge is 0.348 e. The summed E-state index contributed by atoms with van der Waals surface area (Å²) in [6.45, 7) is 3.72. The zero-order valence-corrected chi connectivity index (χ0v) is 12.2. The number of hydrogen-bond donors (Lipinski definition) is 1. The number of carbonyl (C=O) groups is 1. The van der Waals surface area contributed by atoms with Gasteiger partial charge in [0, 0.05) is 12.2 Å². The first-order valence-corrected chi connectivity index (χ1v) is 6.66. The Labute approximate surface area is 126 Å². The van der Waals surface area contributed by atoms with Crippen molar-refractivity contribution >= 4 is 5.91 Å². The number of nitrogens with zero attached hydrogens (tertiary/aromatic N) is 1. The van der Waals surface area contributed by atoms with Crippen molar-refractivity contribution in [2.75, 3.05) is 0 Å². The van der Waals surface area contributed by atoms with Gasteiger partial charge in [0.1, 0.15) is 0 Å². The van der Waals surface area contributed by atoms with Crippen molar-refractivity contribution < 1.29 is 18.0 Å². The molecule has 0 aliphatic rings. The van der Waals surface area contributed by atoms with Crippen LogP contribution in [0.3, 0.4) is 0 Å². The van der Waals surface area contributed by atoms with E-state index >= 15 is 0 Å². The zero-order valence-electron chi connectivity index (χ0n) is 12.2. The van der Waals surface area contributed by atoms with Gasteiger partial charge in [-0.1, -0.05) is 12.1 Å². The lowest BCUT2D eigenvalue weighted by atomic mass is 10.1. The molecule has 0 aliphatic heterocycles. The molecule has 1 amide bonds. The molecule has 1 N–H and O–H groups in total. The molecule has 1 aromatic carbocycles. The van der Waals surface area contributed by atoms with Crippen LogP contribution in [-0.2, 0) is 12.7 Å². The normalized spacial score (nSPS) is 11.3. The molecule has 22 heavy (non-hydrogen) atoms. The molecule has 0 saturated carbocycles. The number of amides is 1. The molecule has 0 bridgehead atoms. The highest BCUT2D eigenvalue weighted by Gasteiger charge is 2.29. The molecule has 0 atom stereocenters. The van der Waals surface area contributed by atoms with Crippen LogP contribution in [0.4, 0.5) is 13.2 Å². The molecule has 1 aromatic heterocycles. The summed E-state index contributed by atoms with van der Waals surface area (Å²) in [7, 11) is 0. The van der Waals surface area contributed by atoms with Crippen molar-refractivity contribution in [2.24, 2.45) is 0 Å². The molecule has 0 saturated heterocycles. The Balaban J connectivity index is 2.02. The number of alkyl halides is 3. The number of nitrogens with one attached hydrogen (secondary N) is 1. The Morgan fingerprint density at radius 3 is 2.27 bits per heavy atom. The van der Waals surface area contributed by atoms with E-state index in [1.54, 1.807) is 19.1 Å². The van der Waals surface area contributed by atoms with Gasteiger partial charge in [0.05, 0.1) is 16.8 Å². The van der Waals surface area contributed by atoms with E-state index in [4.69, 9.17) is 0 Å². The average Bonchev–Trinajstić information content (AvgIpc) is 2.44. The van der Waals surface area contributed by atoms with Crippen LogP contribution in [-0.4, -0.2) is 10.9 Å². The fourth-order valence-electron chi connectivity index (χ4n) is 2.02. The van der Waals surface area contributed by atoms with E-state index in [-0.39, 0.29) is 12.5 Å². The van der Waals surface area contributed by atoms with E-state index in [1.807, 2.05) is 6.92 Å². The van der Waals surface area contributed by atoms with Crippen LogP contribution in [0.15, 0.2) is 36.4 Å². The van der Waals surface area contributed by atoms with Gasteiger partial charge in [0.2, 0.25) is 0 Å². The fraction of sp³-hybridized carbons (Fsp3) is 0.250. The number of halogens is 3. The predicted molar refractivity (Wildman–Crippen MR) is 76.3 cm³/mol. The number of carbonyl (C=O) groups excluding carboxylic acids is 1. The summed E-state index contributed by atoms with van der Waals surface area (Å²) >= 11 is 0. The summed E-state index contributed by atoms with van der Waals surface area (Å²) in [6, 6.07) is 8.12. The van der Waals surface area contributed by atoms with E-state index in [9.17, 15) is 18.0 Å². The molecule has 0 spiro atoms. The van der Waals surface area contributed by atoms with Gasteiger partial charge in [-0.15, -0.1) is 0 Å². The summed E-state index contributed by atoms with van der Waals surface area (Å²) in [6.07, 6.45) is -4.35. The van der Waals surface area contributed by atoms with E-state index in [2.05, 4.69) is 10.3 Å². The summed E-state index contributed by atoms with van der Waals surface area (Å²) in [5, 5.41) is 2.67. The molecule has 0 radical (unpaired) electrons. The number of benzene rings is 1. The largest absolute Gasteiger partial charge is 0.416 e. The average molecular weight is 308 g/mol. The lowest BCUT2D eigenvalue weighted by molar-refractivity contribution is -0.137. The number of aromatic nitrogens is 1. The summed E-state index contributed by atoms with van der Waals surface area (Å²) in [5.74, 6) is -0.301. The Hall–Kier alpha value is -2.37. The molecule has 6 heteroatoms. The van der Waals surface area contributed by atoms with Gasteiger partial charge in [0.25, 0.3) is 5.91 Å². The van der Waals surface area contributed by atoms with Crippen LogP contribution in [0.5, 0.6) is 0 Å². The maximum absolute atomic E-state index is 12.5. The van der Waals surface area contributed by atoms with Crippen molar-refractivity contribution in [1.29, 1.82) is 0 Å². The Kier molecular flexibility index (Phi) is 4.49. The third-order valence-corrected chi connectivity index (χ3v) is 3.20. The van der Waals surface area contributed by atoms with E-state index in [1.165, 1.54) is 12.1 Å². The first-order chi connectivity index (χ1) is 10.3. The lowest BCUT2D eigenvalue weighted by Gasteiger charge is -2.10.